The Hall–Kier alpha value is -3.66. The molecule has 0 radical (unpaired) electrons. The maximum absolute atomic E-state index is 11.9. The molecule has 0 spiro atoms. The fourth-order valence-corrected chi connectivity index (χ4v) is 4.76. The van der Waals surface area contributed by atoms with Crippen molar-refractivity contribution in [3.63, 3.8) is 0 Å². The molecule has 3 aromatic heterocycles. The van der Waals surface area contributed by atoms with Crippen molar-refractivity contribution in [3.05, 3.63) is 53.0 Å². The van der Waals surface area contributed by atoms with Crippen molar-refractivity contribution in [2.75, 3.05) is 47.9 Å². The Morgan fingerprint density at radius 3 is 2.58 bits per heavy atom. The Balaban J connectivity index is 1.31. The van der Waals surface area contributed by atoms with Crippen LogP contribution in [-0.4, -0.2) is 58.9 Å². The summed E-state index contributed by atoms with van der Waals surface area (Å²) in [6.45, 7) is 7.53. The van der Waals surface area contributed by atoms with Gasteiger partial charge in [0.25, 0.3) is 0 Å². The van der Waals surface area contributed by atoms with Crippen LogP contribution >= 0.6 is 11.3 Å². The van der Waals surface area contributed by atoms with E-state index in [1.165, 1.54) is 0 Å². The third kappa shape index (κ3) is 4.47. The summed E-state index contributed by atoms with van der Waals surface area (Å²) in [4.78, 5) is 26.0. The number of rotatable bonds is 6. The molecule has 170 valence electrons. The Bertz CT molecular complexity index is 1260. The zero-order valence-electron chi connectivity index (χ0n) is 18.5. The SMILES string of the molecule is CCOC(=O)c1ccc(N2CCN(c3nc(Nc4cc(C)[nH]n4)nc4ccsc34)CC2)cc1. The lowest BCUT2D eigenvalue weighted by Gasteiger charge is -2.37. The molecule has 5 rings (SSSR count). The van der Waals surface area contributed by atoms with E-state index >= 15 is 0 Å². The number of thiophene rings is 1. The summed E-state index contributed by atoms with van der Waals surface area (Å²) in [5.41, 5.74) is 3.58. The lowest BCUT2D eigenvalue weighted by Crippen LogP contribution is -2.47. The van der Waals surface area contributed by atoms with Crippen molar-refractivity contribution in [3.8, 4) is 0 Å². The van der Waals surface area contributed by atoms with Gasteiger partial charge in [-0.3, -0.25) is 5.10 Å². The predicted molar refractivity (Wildman–Crippen MR) is 131 cm³/mol. The number of anilines is 4. The number of hydrogen-bond acceptors (Lipinski definition) is 9. The minimum absolute atomic E-state index is 0.285. The van der Waals surface area contributed by atoms with Crippen molar-refractivity contribution in [1.82, 2.24) is 20.2 Å². The molecular weight excluding hydrogens is 438 g/mol. The molecule has 33 heavy (non-hydrogen) atoms. The van der Waals surface area contributed by atoms with Crippen LogP contribution < -0.4 is 15.1 Å². The van der Waals surface area contributed by atoms with E-state index < -0.39 is 0 Å². The third-order valence-corrected chi connectivity index (χ3v) is 6.45. The summed E-state index contributed by atoms with van der Waals surface area (Å²) < 4.78 is 6.16. The molecular formula is C23H25N7O2S. The first-order valence-corrected chi connectivity index (χ1v) is 11.8. The number of nitrogens with one attached hydrogen (secondary N) is 2. The Kier molecular flexibility index (Phi) is 5.82. The van der Waals surface area contributed by atoms with Crippen LogP contribution in [0.3, 0.4) is 0 Å². The van der Waals surface area contributed by atoms with E-state index in [1.807, 2.05) is 55.6 Å². The van der Waals surface area contributed by atoms with Gasteiger partial charge in [0.05, 0.1) is 22.4 Å². The van der Waals surface area contributed by atoms with Crippen LogP contribution in [0.2, 0.25) is 0 Å². The Labute approximate surface area is 195 Å². The molecule has 0 saturated carbocycles. The van der Waals surface area contributed by atoms with Crippen LogP contribution in [0.15, 0.2) is 41.8 Å². The topological polar surface area (TPSA) is 99.3 Å². The van der Waals surface area contributed by atoms with Crippen molar-refractivity contribution >= 4 is 50.8 Å². The summed E-state index contributed by atoms with van der Waals surface area (Å²) in [7, 11) is 0. The molecule has 1 aromatic carbocycles. The zero-order chi connectivity index (χ0) is 22.8. The molecule has 0 bridgehead atoms. The lowest BCUT2D eigenvalue weighted by molar-refractivity contribution is 0.0526. The van der Waals surface area contributed by atoms with Gasteiger partial charge < -0.3 is 19.9 Å². The largest absolute Gasteiger partial charge is 0.462 e. The van der Waals surface area contributed by atoms with Crippen LogP contribution in [0, 0.1) is 6.92 Å². The van der Waals surface area contributed by atoms with Crippen LogP contribution in [-0.2, 0) is 4.74 Å². The quantitative estimate of drug-likeness (QED) is 0.415. The summed E-state index contributed by atoms with van der Waals surface area (Å²) >= 11 is 1.66. The molecule has 4 heterocycles. The molecule has 1 fully saturated rings. The number of fused-ring (bicyclic) bond motifs is 1. The normalized spacial score (nSPS) is 14.0. The van der Waals surface area contributed by atoms with Crippen molar-refractivity contribution in [1.29, 1.82) is 0 Å². The molecule has 10 heteroatoms. The second-order valence-corrected chi connectivity index (χ2v) is 8.72. The van der Waals surface area contributed by atoms with E-state index in [0.717, 1.165) is 53.6 Å². The molecule has 0 aliphatic carbocycles. The molecule has 2 N–H and O–H groups in total. The highest BCUT2D eigenvalue weighted by Crippen LogP contribution is 2.32. The summed E-state index contributed by atoms with van der Waals surface area (Å²) in [5.74, 6) is 1.90. The fraction of sp³-hybridized carbons (Fsp3) is 0.304. The van der Waals surface area contributed by atoms with Gasteiger partial charge in [-0.1, -0.05) is 0 Å². The Morgan fingerprint density at radius 2 is 1.88 bits per heavy atom. The van der Waals surface area contributed by atoms with Gasteiger partial charge >= 0.3 is 5.97 Å². The van der Waals surface area contributed by atoms with Gasteiger partial charge in [-0.05, 0) is 49.6 Å². The number of aromatic amines is 1. The first-order chi connectivity index (χ1) is 16.1. The number of piperazine rings is 1. The molecule has 1 aliphatic heterocycles. The van der Waals surface area contributed by atoms with Crippen molar-refractivity contribution in [2.45, 2.75) is 13.8 Å². The molecule has 4 aromatic rings. The minimum Gasteiger partial charge on any atom is -0.462 e. The number of carbonyl (C=O) groups excluding carboxylic acids is 1. The average Bonchev–Trinajstić information content (AvgIpc) is 3.47. The number of hydrogen-bond donors (Lipinski definition) is 2. The van der Waals surface area contributed by atoms with E-state index in [2.05, 4.69) is 30.3 Å². The standard InChI is InChI=1S/C23H25N7O2S/c1-3-32-22(31)16-4-6-17(7-5-16)29-9-11-30(12-10-29)21-20-18(8-13-33-20)24-23(26-21)25-19-14-15(2)27-28-19/h4-8,13-14H,3,9-12H2,1-2H3,(H2,24,25,26,27,28). The highest BCUT2D eigenvalue weighted by atomic mass is 32.1. The van der Waals surface area contributed by atoms with Gasteiger partial charge in [0.1, 0.15) is 0 Å². The van der Waals surface area contributed by atoms with E-state index in [4.69, 9.17) is 9.72 Å². The highest BCUT2D eigenvalue weighted by Gasteiger charge is 2.22. The number of carbonyl (C=O) groups is 1. The van der Waals surface area contributed by atoms with Gasteiger partial charge in [-0.15, -0.1) is 11.3 Å². The van der Waals surface area contributed by atoms with E-state index in [0.29, 0.717) is 23.9 Å². The number of benzene rings is 1. The van der Waals surface area contributed by atoms with Gasteiger partial charge in [0.2, 0.25) is 5.95 Å². The summed E-state index contributed by atoms with van der Waals surface area (Å²) in [5, 5.41) is 12.4. The number of aromatic nitrogens is 4. The van der Waals surface area contributed by atoms with E-state index in [-0.39, 0.29) is 5.97 Å². The number of H-pyrrole nitrogens is 1. The van der Waals surface area contributed by atoms with Gasteiger partial charge in [0, 0.05) is 43.6 Å². The van der Waals surface area contributed by atoms with Crippen LogP contribution in [0.25, 0.3) is 10.2 Å². The van der Waals surface area contributed by atoms with Gasteiger partial charge in [-0.2, -0.15) is 10.1 Å². The highest BCUT2D eigenvalue weighted by molar-refractivity contribution is 7.17. The first-order valence-electron chi connectivity index (χ1n) is 10.9. The molecule has 0 amide bonds. The lowest BCUT2D eigenvalue weighted by atomic mass is 10.2. The zero-order valence-corrected chi connectivity index (χ0v) is 19.4. The molecule has 1 saturated heterocycles. The molecule has 1 aliphatic rings. The van der Waals surface area contributed by atoms with Gasteiger partial charge in [-0.25, -0.2) is 9.78 Å². The fourth-order valence-electron chi connectivity index (χ4n) is 3.91. The summed E-state index contributed by atoms with van der Waals surface area (Å²) in [6, 6.07) is 11.6. The molecule has 9 nitrogen and oxygen atoms in total. The first kappa shape index (κ1) is 21.2. The maximum atomic E-state index is 11.9. The third-order valence-electron chi connectivity index (χ3n) is 5.55. The Morgan fingerprint density at radius 1 is 1.12 bits per heavy atom. The minimum atomic E-state index is -0.285. The average molecular weight is 464 g/mol. The smallest absolute Gasteiger partial charge is 0.338 e. The van der Waals surface area contributed by atoms with Crippen LogP contribution in [0.5, 0.6) is 0 Å². The number of nitrogens with zero attached hydrogens (tertiary/aromatic N) is 5. The molecule has 0 unspecified atom stereocenters. The van der Waals surface area contributed by atoms with E-state index in [1.54, 1.807) is 11.3 Å². The van der Waals surface area contributed by atoms with E-state index in [9.17, 15) is 4.79 Å². The molecule has 0 atom stereocenters. The maximum Gasteiger partial charge on any atom is 0.338 e. The van der Waals surface area contributed by atoms with Gasteiger partial charge in [0.15, 0.2) is 11.6 Å². The predicted octanol–water partition coefficient (Wildman–Crippen LogP) is 3.97. The second kappa shape index (κ2) is 9.07. The number of aryl methyl sites for hydroxylation is 1. The van der Waals surface area contributed by atoms with Crippen molar-refractivity contribution in [2.24, 2.45) is 0 Å². The number of ether oxygens (including phenoxy) is 1. The monoisotopic (exact) mass is 463 g/mol. The van der Waals surface area contributed by atoms with Crippen molar-refractivity contribution < 1.29 is 9.53 Å². The number of esters is 1. The second-order valence-electron chi connectivity index (χ2n) is 7.81. The van der Waals surface area contributed by atoms with Crippen LogP contribution in [0.4, 0.5) is 23.3 Å². The summed E-state index contributed by atoms with van der Waals surface area (Å²) in [6.07, 6.45) is 0. The van der Waals surface area contributed by atoms with Crippen LogP contribution in [0.1, 0.15) is 23.0 Å².